The molecular weight excluding hydrogens is 281 g/mol. The van der Waals surface area contributed by atoms with Crippen LogP contribution in [-0.4, -0.2) is 32.3 Å². The summed E-state index contributed by atoms with van der Waals surface area (Å²) in [5.41, 5.74) is 0. The minimum Gasteiger partial charge on any atom is -0.418 e. The second kappa shape index (κ2) is 8.98. The fourth-order valence-corrected chi connectivity index (χ4v) is 1.34. The molecule has 0 unspecified atom stereocenters. The summed E-state index contributed by atoms with van der Waals surface area (Å²) >= 11 is 0.519. The highest BCUT2D eigenvalue weighted by atomic mass is 32.1. The number of benzene rings is 1. The lowest BCUT2D eigenvalue weighted by atomic mass is 10.3. The van der Waals surface area contributed by atoms with Crippen molar-refractivity contribution in [3.05, 3.63) is 30.3 Å². The van der Waals surface area contributed by atoms with Gasteiger partial charge in [0.1, 0.15) is 0 Å². The molecule has 1 fully saturated rings. The van der Waals surface area contributed by atoms with Crippen molar-refractivity contribution in [1.82, 2.24) is 4.90 Å². The Balaban J connectivity index is 0.000000265. The topological polar surface area (TPSA) is 20.3 Å². The first kappa shape index (κ1) is 18.0. The molecule has 1 saturated carbocycles. The first-order valence-electron chi connectivity index (χ1n) is 5.62. The second-order valence-electron chi connectivity index (χ2n) is 4.09. The molecule has 1 aliphatic carbocycles. The van der Waals surface area contributed by atoms with Crippen LogP contribution in [0.5, 0.6) is 0 Å². The van der Waals surface area contributed by atoms with Gasteiger partial charge in [-0.15, -0.1) is 0 Å². The number of hydrogen-bond acceptors (Lipinski definition) is 2. The summed E-state index contributed by atoms with van der Waals surface area (Å²) in [6, 6.07) is 10.1. The van der Waals surface area contributed by atoms with E-state index < -0.39 is 7.25 Å². The van der Waals surface area contributed by atoms with E-state index in [-0.39, 0.29) is 0 Å². The van der Waals surface area contributed by atoms with Crippen LogP contribution in [0.15, 0.2) is 35.2 Å². The molecule has 2 rings (SSSR count). The SMILES string of the molecule is CN(C)C1CC1.F[B-](F)(F)F.O=[S+]c1ccccc1. The molecule has 0 atom stereocenters. The van der Waals surface area contributed by atoms with E-state index in [1.54, 1.807) is 12.1 Å². The van der Waals surface area contributed by atoms with E-state index in [9.17, 15) is 21.5 Å². The first-order valence-corrected chi connectivity index (χ1v) is 6.37. The molecule has 0 N–H and O–H groups in total. The predicted octanol–water partition coefficient (Wildman–Crippen LogP) is 3.48. The zero-order valence-electron chi connectivity index (χ0n) is 10.7. The fraction of sp³-hybridized carbons (Fsp3) is 0.455. The molecule has 108 valence electrons. The van der Waals surface area contributed by atoms with Crippen LogP contribution in [-0.2, 0) is 15.9 Å². The van der Waals surface area contributed by atoms with Gasteiger partial charge >= 0.3 is 18.9 Å². The van der Waals surface area contributed by atoms with E-state index in [0.29, 0.717) is 11.7 Å². The molecule has 0 spiro atoms. The van der Waals surface area contributed by atoms with E-state index in [2.05, 4.69) is 19.0 Å². The minimum absolute atomic E-state index is 0.519. The molecule has 1 aromatic carbocycles. The predicted molar refractivity (Wildman–Crippen MR) is 69.7 cm³/mol. The summed E-state index contributed by atoms with van der Waals surface area (Å²) in [6.07, 6.45) is 2.85. The third-order valence-electron chi connectivity index (χ3n) is 2.12. The van der Waals surface area contributed by atoms with Crippen LogP contribution in [0.4, 0.5) is 17.3 Å². The minimum atomic E-state index is -6.00. The molecule has 0 radical (unpaired) electrons. The van der Waals surface area contributed by atoms with Gasteiger partial charge in [0.15, 0.2) is 0 Å². The Kier molecular flexibility index (Phi) is 8.50. The van der Waals surface area contributed by atoms with Crippen molar-refractivity contribution >= 4 is 18.9 Å². The molecule has 2 nitrogen and oxygen atoms in total. The number of rotatable bonds is 2. The van der Waals surface area contributed by atoms with Gasteiger partial charge in [-0.3, -0.25) is 0 Å². The number of nitrogens with zero attached hydrogens (tertiary/aromatic N) is 1. The molecule has 8 heteroatoms. The molecule has 19 heavy (non-hydrogen) atoms. The zero-order valence-corrected chi connectivity index (χ0v) is 11.5. The average Bonchev–Trinajstić information content (AvgIpc) is 3.12. The molecule has 0 heterocycles. The van der Waals surface area contributed by atoms with Crippen molar-refractivity contribution in [2.75, 3.05) is 14.1 Å². The second-order valence-corrected chi connectivity index (χ2v) is 4.72. The van der Waals surface area contributed by atoms with Gasteiger partial charge in [0, 0.05) is 22.4 Å². The third-order valence-corrected chi connectivity index (χ3v) is 2.58. The van der Waals surface area contributed by atoms with Crippen LogP contribution in [0.3, 0.4) is 0 Å². The van der Waals surface area contributed by atoms with Gasteiger partial charge in [0.05, 0.1) is 0 Å². The maximum atomic E-state index is 10.0. The first-order chi connectivity index (χ1) is 8.74. The summed E-state index contributed by atoms with van der Waals surface area (Å²) in [5.74, 6) is 0. The van der Waals surface area contributed by atoms with Crippen molar-refractivity contribution in [2.24, 2.45) is 0 Å². The van der Waals surface area contributed by atoms with E-state index in [0.717, 1.165) is 10.9 Å². The van der Waals surface area contributed by atoms with Gasteiger partial charge in [-0.2, -0.15) is 0 Å². The van der Waals surface area contributed by atoms with Crippen LogP contribution in [0, 0.1) is 0 Å². The maximum Gasteiger partial charge on any atom is 0.673 e. The standard InChI is InChI=1S/C6H5OS.C5H11N.BF4/c7-8-6-4-2-1-3-5-6;1-6(2)5-3-4-5;2-1(3,4)5/h1-5H;5H,3-4H2,1-2H3;/q+1;;-1. The van der Waals surface area contributed by atoms with Gasteiger partial charge in [0.25, 0.3) is 4.90 Å². The summed E-state index contributed by atoms with van der Waals surface area (Å²) < 4.78 is 49.0. The highest BCUT2D eigenvalue weighted by Crippen LogP contribution is 2.23. The molecule has 0 saturated heterocycles. The van der Waals surface area contributed by atoms with Gasteiger partial charge in [-0.05, 0) is 26.9 Å². The highest BCUT2D eigenvalue weighted by Gasteiger charge is 2.22. The zero-order chi connectivity index (χ0) is 14.9. The Morgan fingerprint density at radius 3 is 1.68 bits per heavy atom. The van der Waals surface area contributed by atoms with E-state index in [1.807, 2.05) is 18.2 Å². The van der Waals surface area contributed by atoms with Crippen LogP contribution >= 0.6 is 0 Å². The van der Waals surface area contributed by atoms with Crippen LogP contribution in [0.1, 0.15) is 12.8 Å². The number of hydrogen-bond donors (Lipinski definition) is 0. The quantitative estimate of drug-likeness (QED) is 0.473. The highest BCUT2D eigenvalue weighted by molar-refractivity contribution is 7.65. The largest absolute Gasteiger partial charge is 0.673 e. The Hall–Kier alpha value is -1.02. The van der Waals surface area contributed by atoms with Gasteiger partial charge in [-0.25, -0.2) is 0 Å². The molecule has 0 aromatic heterocycles. The van der Waals surface area contributed by atoms with E-state index in [1.165, 1.54) is 12.8 Å². The lowest BCUT2D eigenvalue weighted by molar-refractivity contribution is 0.368. The van der Waals surface area contributed by atoms with Crippen LogP contribution in [0.25, 0.3) is 0 Å². The van der Waals surface area contributed by atoms with Crippen LogP contribution < -0.4 is 0 Å². The van der Waals surface area contributed by atoms with Crippen LogP contribution in [0.2, 0.25) is 0 Å². The monoisotopic (exact) mass is 297 g/mol. The van der Waals surface area contributed by atoms with E-state index in [4.69, 9.17) is 0 Å². The fourth-order valence-electron chi connectivity index (χ4n) is 1.07. The van der Waals surface area contributed by atoms with Crippen molar-refractivity contribution in [2.45, 2.75) is 23.8 Å². The van der Waals surface area contributed by atoms with Gasteiger partial charge in [-0.1, -0.05) is 18.2 Å². The Bertz CT molecular complexity index is 351. The van der Waals surface area contributed by atoms with Crippen molar-refractivity contribution < 1.29 is 21.5 Å². The normalized spacial score (nSPS) is 13.8. The molecule has 1 aliphatic rings. The summed E-state index contributed by atoms with van der Waals surface area (Å²) in [7, 11) is -1.73. The Labute approximate surface area is 114 Å². The Morgan fingerprint density at radius 2 is 1.53 bits per heavy atom. The lowest BCUT2D eigenvalue weighted by Gasteiger charge is -2.03. The van der Waals surface area contributed by atoms with Crippen molar-refractivity contribution in [3.63, 3.8) is 0 Å². The third kappa shape index (κ3) is 14.9. The van der Waals surface area contributed by atoms with Crippen molar-refractivity contribution in [3.8, 4) is 0 Å². The molecule has 0 aliphatic heterocycles. The summed E-state index contributed by atoms with van der Waals surface area (Å²) in [5, 5.41) is 0. The lowest BCUT2D eigenvalue weighted by Crippen LogP contribution is -2.12. The summed E-state index contributed by atoms with van der Waals surface area (Å²) in [6.45, 7) is 0. The van der Waals surface area contributed by atoms with E-state index >= 15 is 0 Å². The number of halogens is 4. The molecular formula is C11H16BF4NOS. The maximum absolute atomic E-state index is 10.0. The molecule has 0 bridgehead atoms. The molecule has 1 aromatic rings. The van der Waals surface area contributed by atoms with Crippen molar-refractivity contribution in [1.29, 1.82) is 0 Å². The summed E-state index contributed by atoms with van der Waals surface area (Å²) in [4.78, 5) is 3.05. The molecule has 0 amide bonds. The van der Waals surface area contributed by atoms with Gasteiger partial charge < -0.3 is 22.2 Å². The average molecular weight is 297 g/mol. The smallest absolute Gasteiger partial charge is 0.418 e. The van der Waals surface area contributed by atoms with Gasteiger partial charge in [0.2, 0.25) is 0 Å². The Morgan fingerprint density at radius 1 is 1.11 bits per heavy atom.